The van der Waals surface area contributed by atoms with E-state index in [4.69, 9.17) is 10.8 Å². The second kappa shape index (κ2) is 4.45. The summed E-state index contributed by atoms with van der Waals surface area (Å²) in [6, 6.07) is 0.248. The highest BCUT2D eigenvalue weighted by atomic mass is 16.4. The van der Waals surface area contributed by atoms with E-state index in [1.54, 1.807) is 0 Å². The van der Waals surface area contributed by atoms with Crippen LogP contribution in [0.25, 0.3) is 0 Å². The number of aliphatic carboxylic acids is 1. The van der Waals surface area contributed by atoms with Crippen molar-refractivity contribution in [2.45, 2.75) is 44.6 Å². The van der Waals surface area contributed by atoms with Gasteiger partial charge in [-0.3, -0.25) is 4.79 Å². The van der Waals surface area contributed by atoms with E-state index < -0.39 is 5.97 Å². The lowest BCUT2D eigenvalue weighted by Crippen LogP contribution is -2.33. The molecule has 0 aliphatic heterocycles. The van der Waals surface area contributed by atoms with Crippen LogP contribution >= 0.6 is 0 Å². The van der Waals surface area contributed by atoms with Gasteiger partial charge in [-0.25, -0.2) is 0 Å². The molecule has 0 aromatic heterocycles. The molecule has 1 saturated carbocycles. The monoisotopic (exact) mass is 171 g/mol. The zero-order chi connectivity index (χ0) is 8.97. The van der Waals surface area contributed by atoms with Crippen LogP contribution in [-0.2, 0) is 4.79 Å². The molecule has 0 bridgehead atoms. The Hall–Kier alpha value is -0.570. The molecule has 0 aromatic rings. The number of carboxylic acid groups (broad SMARTS) is 1. The molecule has 3 heteroatoms. The summed E-state index contributed by atoms with van der Waals surface area (Å²) >= 11 is 0. The smallest absolute Gasteiger partial charge is 0.303 e. The first-order chi connectivity index (χ1) is 5.70. The molecule has 0 saturated heterocycles. The number of rotatable bonds is 3. The van der Waals surface area contributed by atoms with Gasteiger partial charge in [0, 0.05) is 12.5 Å². The zero-order valence-corrected chi connectivity index (χ0v) is 7.33. The highest BCUT2D eigenvalue weighted by Gasteiger charge is 2.21. The molecule has 1 fully saturated rings. The van der Waals surface area contributed by atoms with Gasteiger partial charge in [0.25, 0.3) is 0 Å². The van der Waals surface area contributed by atoms with Crippen LogP contribution in [0, 0.1) is 5.92 Å². The Labute approximate surface area is 72.9 Å². The van der Waals surface area contributed by atoms with Gasteiger partial charge >= 0.3 is 5.97 Å². The van der Waals surface area contributed by atoms with Crippen molar-refractivity contribution in [3.63, 3.8) is 0 Å². The first kappa shape index (κ1) is 9.52. The van der Waals surface area contributed by atoms with Gasteiger partial charge in [0.2, 0.25) is 0 Å². The predicted molar refractivity (Wildman–Crippen MR) is 46.8 cm³/mol. The molecule has 12 heavy (non-hydrogen) atoms. The fraction of sp³-hybridized carbons (Fsp3) is 0.889. The summed E-state index contributed by atoms with van der Waals surface area (Å²) in [5, 5.41) is 8.49. The van der Waals surface area contributed by atoms with E-state index in [1.807, 2.05) is 0 Å². The summed E-state index contributed by atoms with van der Waals surface area (Å²) in [7, 11) is 0. The molecular weight excluding hydrogens is 154 g/mol. The van der Waals surface area contributed by atoms with E-state index in [-0.39, 0.29) is 12.5 Å². The van der Waals surface area contributed by atoms with Gasteiger partial charge in [-0.15, -0.1) is 0 Å². The molecular formula is C9H17NO2. The Balaban J connectivity index is 2.24. The summed E-state index contributed by atoms with van der Waals surface area (Å²) in [5.74, 6) is -0.248. The first-order valence-corrected chi connectivity index (χ1v) is 4.67. The maximum Gasteiger partial charge on any atom is 0.303 e. The molecule has 1 unspecified atom stereocenters. The van der Waals surface area contributed by atoms with Crippen LogP contribution in [0.5, 0.6) is 0 Å². The number of carboxylic acids is 1. The highest BCUT2D eigenvalue weighted by Crippen LogP contribution is 2.26. The zero-order valence-electron chi connectivity index (χ0n) is 7.33. The average Bonchev–Trinajstić information content (AvgIpc) is 2.03. The van der Waals surface area contributed by atoms with Crippen molar-refractivity contribution < 1.29 is 9.90 Å². The van der Waals surface area contributed by atoms with Crippen molar-refractivity contribution in [1.29, 1.82) is 0 Å². The Morgan fingerprint density at radius 3 is 2.67 bits per heavy atom. The van der Waals surface area contributed by atoms with E-state index in [0.29, 0.717) is 5.92 Å². The van der Waals surface area contributed by atoms with Crippen molar-refractivity contribution in [3.05, 3.63) is 0 Å². The molecule has 0 spiro atoms. The molecule has 0 aromatic carbocycles. The van der Waals surface area contributed by atoms with E-state index in [0.717, 1.165) is 19.3 Å². The van der Waals surface area contributed by atoms with Crippen molar-refractivity contribution in [2.24, 2.45) is 11.7 Å². The van der Waals surface area contributed by atoms with Crippen molar-refractivity contribution >= 4 is 5.97 Å². The van der Waals surface area contributed by atoms with Gasteiger partial charge in [-0.05, 0) is 25.2 Å². The summed E-state index contributed by atoms with van der Waals surface area (Å²) in [4.78, 5) is 10.3. The van der Waals surface area contributed by atoms with E-state index in [2.05, 4.69) is 0 Å². The quantitative estimate of drug-likeness (QED) is 0.674. The molecule has 3 N–H and O–H groups in total. The molecule has 3 nitrogen and oxygen atoms in total. The fourth-order valence-electron chi connectivity index (χ4n) is 1.90. The molecule has 0 heterocycles. The van der Waals surface area contributed by atoms with Crippen LogP contribution in [0.15, 0.2) is 0 Å². The third kappa shape index (κ3) is 2.81. The number of hydrogen-bond donors (Lipinski definition) is 2. The minimum atomic E-state index is -0.701. The molecule has 2 atom stereocenters. The Morgan fingerprint density at radius 2 is 2.08 bits per heavy atom. The second-order valence-electron chi connectivity index (χ2n) is 3.64. The van der Waals surface area contributed by atoms with Crippen molar-refractivity contribution in [3.8, 4) is 0 Å². The second-order valence-corrected chi connectivity index (χ2v) is 3.64. The van der Waals surface area contributed by atoms with Gasteiger partial charge in [0.05, 0.1) is 0 Å². The summed E-state index contributed by atoms with van der Waals surface area (Å²) in [6.45, 7) is 0. The van der Waals surface area contributed by atoms with Crippen molar-refractivity contribution in [1.82, 2.24) is 0 Å². The van der Waals surface area contributed by atoms with Crippen LogP contribution < -0.4 is 5.73 Å². The lowest BCUT2D eigenvalue weighted by atomic mass is 9.82. The van der Waals surface area contributed by atoms with Gasteiger partial charge in [0.15, 0.2) is 0 Å². The van der Waals surface area contributed by atoms with Crippen LogP contribution in [0.2, 0.25) is 0 Å². The van der Waals surface area contributed by atoms with E-state index in [1.165, 1.54) is 12.8 Å². The van der Waals surface area contributed by atoms with Gasteiger partial charge < -0.3 is 10.8 Å². The Morgan fingerprint density at radius 1 is 1.42 bits per heavy atom. The molecule has 1 rings (SSSR count). The summed E-state index contributed by atoms with van der Waals surface area (Å²) in [5.41, 5.74) is 5.87. The topological polar surface area (TPSA) is 63.3 Å². The SMILES string of the molecule is NC1CCCC[C@H]1CCC(=O)O. The van der Waals surface area contributed by atoms with Crippen LogP contribution in [-0.4, -0.2) is 17.1 Å². The molecule has 70 valence electrons. The van der Waals surface area contributed by atoms with Gasteiger partial charge in [-0.2, -0.15) is 0 Å². The number of hydrogen-bond acceptors (Lipinski definition) is 2. The lowest BCUT2D eigenvalue weighted by Gasteiger charge is -2.27. The third-order valence-electron chi connectivity index (χ3n) is 2.70. The maximum atomic E-state index is 10.3. The van der Waals surface area contributed by atoms with Gasteiger partial charge in [-0.1, -0.05) is 12.8 Å². The standard InChI is InChI=1S/C9H17NO2/c10-8-4-2-1-3-7(8)5-6-9(11)12/h7-8H,1-6,10H2,(H,11,12)/t7-,8?/m0/s1. The lowest BCUT2D eigenvalue weighted by molar-refractivity contribution is -0.137. The minimum Gasteiger partial charge on any atom is -0.481 e. The van der Waals surface area contributed by atoms with Gasteiger partial charge in [0.1, 0.15) is 0 Å². The summed E-state index contributed by atoms with van der Waals surface area (Å²) in [6.07, 6.45) is 5.66. The molecule has 1 aliphatic rings. The van der Waals surface area contributed by atoms with Crippen molar-refractivity contribution in [2.75, 3.05) is 0 Å². The largest absolute Gasteiger partial charge is 0.481 e. The maximum absolute atomic E-state index is 10.3. The fourth-order valence-corrected chi connectivity index (χ4v) is 1.90. The molecule has 0 amide bonds. The Kier molecular flexibility index (Phi) is 3.53. The predicted octanol–water partition coefficient (Wildman–Crippen LogP) is 1.37. The number of carbonyl (C=O) groups is 1. The molecule has 0 radical (unpaired) electrons. The number of nitrogens with two attached hydrogens (primary N) is 1. The van der Waals surface area contributed by atoms with Crippen LogP contribution in [0.3, 0.4) is 0 Å². The summed E-state index contributed by atoms with van der Waals surface area (Å²) < 4.78 is 0. The first-order valence-electron chi connectivity index (χ1n) is 4.67. The van der Waals surface area contributed by atoms with E-state index >= 15 is 0 Å². The third-order valence-corrected chi connectivity index (χ3v) is 2.70. The highest BCUT2D eigenvalue weighted by molar-refractivity contribution is 5.66. The Bertz CT molecular complexity index is 159. The average molecular weight is 171 g/mol. The van der Waals surface area contributed by atoms with Crippen LogP contribution in [0.1, 0.15) is 38.5 Å². The minimum absolute atomic E-state index is 0.248. The molecule has 1 aliphatic carbocycles. The normalized spacial score (nSPS) is 30.1. The van der Waals surface area contributed by atoms with E-state index in [9.17, 15) is 4.79 Å². The van der Waals surface area contributed by atoms with Crippen LogP contribution in [0.4, 0.5) is 0 Å².